The van der Waals surface area contributed by atoms with Crippen molar-refractivity contribution < 1.29 is 4.79 Å². The van der Waals surface area contributed by atoms with E-state index in [1.165, 1.54) is 0 Å². The van der Waals surface area contributed by atoms with Crippen LogP contribution in [0.4, 0.5) is 0 Å². The maximum absolute atomic E-state index is 12.2. The van der Waals surface area contributed by atoms with Gasteiger partial charge in [0, 0.05) is 17.0 Å². The molecule has 19 heavy (non-hydrogen) atoms. The monoisotopic (exact) mass is 312 g/mol. The van der Waals surface area contributed by atoms with Crippen molar-refractivity contribution in [2.45, 2.75) is 13.3 Å². The van der Waals surface area contributed by atoms with E-state index in [0.29, 0.717) is 27.1 Å². The molecule has 4 heteroatoms. The first-order valence-electron chi connectivity index (χ1n) is 5.70. The molecule has 0 N–H and O–H groups in total. The Morgan fingerprint density at radius 1 is 1.00 bits per heavy atom. The summed E-state index contributed by atoms with van der Waals surface area (Å²) in [4.78, 5) is 12.2. The molecule has 2 aromatic carbocycles. The topological polar surface area (TPSA) is 17.1 Å². The Balaban J connectivity index is 2.23. The van der Waals surface area contributed by atoms with Crippen molar-refractivity contribution in [1.82, 2.24) is 0 Å². The number of aryl methyl sites for hydroxylation is 1. The number of hydrogen-bond acceptors (Lipinski definition) is 1. The molecule has 0 aliphatic rings. The van der Waals surface area contributed by atoms with E-state index >= 15 is 0 Å². The third-order valence-electron chi connectivity index (χ3n) is 2.84. The van der Waals surface area contributed by atoms with E-state index in [-0.39, 0.29) is 5.78 Å². The van der Waals surface area contributed by atoms with E-state index < -0.39 is 0 Å². The van der Waals surface area contributed by atoms with Gasteiger partial charge in [-0.2, -0.15) is 0 Å². The van der Waals surface area contributed by atoms with Crippen molar-refractivity contribution in [2.75, 3.05) is 0 Å². The quantitative estimate of drug-likeness (QED) is 0.695. The first kappa shape index (κ1) is 14.4. The van der Waals surface area contributed by atoms with Gasteiger partial charge < -0.3 is 0 Å². The van der Waals surface area contributed by atoms with E-state index in [1.54, 1.807) is 36.4 Å². The summed E-state index contributed by atoms with van der Waals surface area (Å²) in [5.74, 6) is 0.0348. The largest absolute Gasteiger partial charge is 0.294 e. The van der Waals surface area contributed by atoms with Crippen molar-refractivity contribution in [3.8, 4) is 0 Å². The molecular formula is C15H11Cl3O. The molecule has 0 heterocycles. The van der Waals surface area contributed by atoms with Gasteiger partial charge in [-0.1, -0.05) is 40.9 Å². The van der Waals surface area contributed by atoms with Crippen LogP contribution in [0.15, 0.2) is 36.4 Å². The Kier molecular flexibility index (Phi) is 4.51. The molecule has 0 spiro atoms. The second kappa shape index (κ2) is 5.96. The third-order valence-corrected chi connectivity index (χ3v) is 3.81. The van der Waals surface area contributed by atoms with Gasteiger partial charge in [-0.3, -0.25) is 4.79 Å². The summed E-state index contributed by atoms with van der Waals surface area (Å²) in [6.07, 6.45) is 0.291. The predicted octanol–water partition coefficient (Wildman–Crippen LogP) is 5.38. The van der Waals surface area contributed by atoms with Crippen molar-refractivity contribution in [3.05, 3.63) is 68.2 Å². The first-order chi connectivity index (χ1) is 8.97. The Labute approximate surface area is 127 Å². The highest BCUT2D eigenvalue weighted by molar-refractivity contribution is 6.42. The third kappa shape index (κ3) is 3.50. The highest BCUT2D eigenvalue weighted by Gasteiger charge is 2.11. The van der Waals surface area contributed by atoms with Crippen LogP contribution in [-0.4, -0.2) is 5.78 Å². The standard InChI is InChI=1S/C15H11Cl3O/c1-9-6-11(16)3-4-12(9)15(19)8-10-2-5-13(17)14(18)7-10/h2-7H,8H2,1H3. The summed E-state index contributed by atoms with van der Waals surface area (Å²) >= 11 is 17.7. The number of carbonyl (C=O) groups excluding carboxylic acids is 1. The molecule has 0 radical (unpaired) electrons. The van der Waals surface area contributed by atoms with E-state index in [9.17, 15) is 4.79 Å². The predicted molar refractivity (Wildman–Crippen MR) is 80.7 cm³/mol. The van der Waals surface area contributed by atoms with Crippen LogP contribution in [0.2, 0.25) is 15.1 Å². The fourth-order valence-electron chi connectivity index (χ4n) is 1.87. The summed E-state index contributed by atoms with van der Waals surface area (Å²) in [5.41, 5.74) is 2.39. The maximum Gasteiger partial charge on any atom is 0.167 e. The number of hydrogen-bond donors (Lipinski definition) is 0. The summed E-state index contributed by atoms with van der Waals surface area (Å²) in [5, 5.41) is 1.57. The zero-order valence-corrected chi connectivity index (χ0v) is 12.5. The second-order valence-electron chi connectivity index (χ2n) is 4.31. The molecular weight excluding hydrogens is 303 g/mol. The lowest BCUT2D eigenvalue weighted by Crippen LogP contribution is -2.05. The molecule has 0 saturated heterocycles. The number of ketones is 1. The lowest BCUT2D eigenvalue weighted by Gasteiger charge is -2.06. The summed E-state index contributed by atoms with van der Waals surface area (Å²) in [6.45, 7) is 1.87. The van der Waals surface area contributed by atoms with Crippen LogP contribution in [-0.2, 0) is 6.42 Å². The number of benzene rings is 2. The molecule has 0 saturated carbocycles. The average Bonchev–Trinajstić information content (AvgIpc) is 2.33. The van der Waals surface area contributed by atoms with Crippen molar-refractivity contribution in [1.29, 1.82) is 0 Å². The Morgan fingerprint density at radius 2 is 1.74 bits per heavy atom. The Hall–Kier alpha value is -1.02. The number of Topliss-reactive ketones (excluding diaryl/α,β-unsaturated/α-hetero) is 1. The molecule has 0 unspecified atom stereocenters. The highest BCUT2D eigenvalue weighted by Crippen LogP contribution is 2.24. The molecule has 0 fully saturated rings. The Bertz CT molecular complexity index is 635. The molecule has 2 aromatic rings. The molecule has 1 nitrogen and oxygen atoms in total. The minimum absolute atomic E-state index is 0.0348. The minimum atomic E-state index is 0.0348. The lowest BCUT2D eigenvalue weighted by molar-refractivity contribution is 0.0992. The van der Waals surface area contributed by atoms with E-state index in [1.807, 2.05) is 6.92 Å². The van der Waals surface area contributed by atoms with Gasteiger partial charge in [0.15, 0.2) is 5.78 Å². The van der Waals surface area contributed by atoms with Crippen molar-refractivity contribution in [3.63, 3.8) is 0 Å². The molecule has 98 valence electrons. The van der Waals surface area contributed by atoms with Crippen molar-refractivity contribution >= 4 is 40.6 Å². The van der Waals surface area contributed by atoms with Gasteiger partial charge in [-0.25, -0.2) is 0 Å². The first-order valence-corrected chi connectivity index (χ1v) is 6.84. The van der Waals surface area contributed by atoms with Crippen LogP contribution in [0.1, 0.15) is 21.5 Å². The number of carbonyl (C=O) groups is 1. The zero-order valence-electron chi connectivity index (χ0n) is 10.2. The van der Waals surface area contributed by atoms with E-state index in [0.717, 1.165) is 11.1 Å². The maximum atomic E-state index is 12.2. The highest BCUT2D eigenvalue weighted by atomic mass is 35.5. The van der Waals surface area contributed by atoms with Gasteiger partial charge in [0.05, 0.1) is 10.0 Å². The van der Waals surface area contributed by atoms with Crippen molar-refractivity contribution in [2.24, 2.45) is 0 Å². The zero-order chi connectivity index (χ0) is 14.0. The van der Waals surface area contributed by atoms with Gasteiger partial charge in [-0.15, -0.1) is 0 Å². The van der Waals surface area contributed by atoms with Gasteiger partial charge in [0.2, 0.25) is 0 Å². The van der Waals surface area contributed by atoms with Crippen LogP contribution >= 0.6 is 34.8 Å². The summed E-state index contributed by atoms with van der Waals surface area (Å²) < 4.78 is 0. The SMILES string of the molecule is Cc1cc(Cl)ccc1C(=O)Cc1ccc(Cl)c(Cl)c1. The van der Waals surface area contributed by atoms with Crippen LogP contribution < -0.4 is 0 Å². The normalized spacial score (nSPS) is 10.5. The average molecular weight is 314 g/mol. The molecule has 0 atom stereocenters. The van der Waals surface area contributed by atoms with Gasteiger partial charge >= 0.3 is 0 Å². The minimum Gasteiger partial charge on any atom is -0.294 e. The summed E-state index contributed by atoms with van der Waals surface area (Å²) in [7, 11) is 0. The molecule has 0 aliphatic heterocycles. The second-order valence-corrected chi connectivity index (χ2v) is 5.56. The van der Waals surface area contributed by atoms with Crippen LogP contribution in [0.5, 0.6) is 0 Å². The fourth-order valence-corrected chi connectivity index (χ4v) is 2.42. The van der Waals surface area contributed by atoms with Crippen LogP contribution in [0.3, 0.4) is 0 Å². The van der Waals surface area contributed by atoms with E-state index in [4.69, 9.17) is 34.8 Å². The van der Waals surface area contributed by atoms with Gasteiger partial charge in [0.1, 0.15) is 0 Å². The summed E-state index contributed by atoms with van der Waals surface area (Å²) in [6, 6.07) is 10.5. The molecule has 0 aliphatic carbocycles. The van der Waals surface area contributed by atoms with Gasteiger partial charge in [0.25, 0.3) is 0 Å². The smallest absolute Gasteiger partial charge is 0.167 e. The number of rotatable bonds is 3. The Morgan fingerprint density at radius 3 is 2.37 bits per heavy atom. The van der Waals surface area contributed by atoms with Gasteiger partial charge in [-0.05, 0) is 48.4 Å². The molecule has 0 amide bonds. The van der Waals surface area contributed by atoms with Crippen LogP contribution in [0, 0.1) is 6.92 Å². The molecule has 0 bridgehead atoms. The van der Waals surface area contributed by atoms with E-state index in [2.05, 4.69) is 0 Å². The molecule has 0 aromatic heterocycles. The fraction of sp³-hybridized carbons (Fsp3) is 0.133. The van der Waals surface area contributed by atoms with Crippen LogP contribution in [0.25, 0.3) is 0 Å². The lowest BCUT2D eigenvalue weighted by atomic mass is 9.99. The number of halogens is 3. The molecule has 2 rings (SSSR count).